The molecule has 7 heteroatoms. The standard InChI is InChI=1S/C12H19N3O2S2/c1-10-6-12(18-9-10)19(16,17)13-7-11-8-14-2-4-15(11)5-3-14/h6,9,11,13H,2-5,7-8H2,1H3. The molecule has 0 aliphatic carbocycles. The van der Waals surface area contributed by atoms with Crippen LogP contribution in [-0.4, -0.2) is 63.5 Å². The van der Waals surface area contributed by atoms with Crippen molar-refractivity contribution in [1.82, 2.24) is 14.5 Å². The molecule has 1 N–H and O–H groups in total. The number of aryl methyl sites for hydroxylation is 1. The van der Waals surface area contributed by atoms with E-state index in [1.165, 1.54) is 11.3 Å². The third-order valence-corrected chi connectivity index (χ3v) is 6.85. The molecule has 106 valence electrons. The molecule has 3 aliphatic heterocycles. The van der Waals surface area contributed by atoms with Crippen LogP contribution < -0.4 is 4.72 Å². The van der Waals surface area contributed by atoms with E-state index in [-0.39, 0.29) is 0 Å². The van der Waals surface area contributed by atoms with Gasteiger partial charge in [-0.15, -0.1) is 11.3 Å². The molecule has 1 atom stereocenters. The van der Waals surface area contributed by atoms with Gasteiger partial charge in [0, 0.05) is 45.3 Å². The lowest BCUT2D eigenvalue weighted by Gasteiger charge is -2.47. The highest BCUT2D eigenvalue weighted by Crippen LogP contribution is 2.20. The molecule has 3 aliphatic rings. The van der Waals surface area contributed by atoms with Crippen LogP contribution >= 0.6 is 11.3 Å². The van der Waals surface area contributed by atoms with E-state index in [0.29, 0.717) is 16.8 Å². The van der Waals surface area contributed by atoms with E-state index in [1.54, 1.807) is 6.07 Å². The number of hydrogen-bond acceptors (Lipinski definition) is 5. The Morgan fingerprint density at radius 2 is 2.11 bits per heavy atom. The first-order valence-electron chi connectivity index (χ1n) is 6.56. The van der Waals surface area contributed by atoms with Crippen LogP contribution in [0.15, 0.2) is 15.7 Å². The summed E-state index contributed by atoms with van der Waals surface area (Å²) in [7, 11) is -3.33. The molecule has 4 heterocycles. The first-order chi connectivity index (χ1) is 9.04. The average Bonchev–Trinajstić information content (AvgIpc) is 2.86. The topological polar surface area (TPSA) is 52.7 Å². The Morgan fingerprint density at radius 1 is 1.37 bits per heavy atom. The Hall–Kier alpha value is -0.470. The van der Waals surface area contributed by atoms with Crippen LogP contribution in [0.4, 0.5) is 0 Å². The van der Waals surface area contributed by atoms with E-state index in [4.69, 9.17) is 0 Å². The molecular weight excluding hydrogens is 282 g/mol. The van der Waals surface area contributed by atoms with Gasteiger partial charge < -0.3 is 0 Å². The summed E-state index contributed by atoms with van der Waals surface area (Å²) in [6, 6.07) is 2.04. The second-order valence-electron chi connectivity index (χ2n) is 5.29. The molecule has 2 bridgehead atoms. The average molecular weight is 301 g/mol. The highest BCUT2D eigenvalue weighted by atomic mass is 32.2. The van der Waals surface area contributed by atoms with Gasteiger partial charge in [-0.25, -0.2) is 13.1 Å². The van der Waals surface area contributed by atoms with Crippen LogP contribution in [0.5, 0.6) is 0 Å². The van der Waals surface area contributed by atoms with E-state index < -0.39 is 10.0 Å². The van der Waals surface area contributed by atoms with Crippen molar-refractivity contribution in [2.75, 3.05) is 39.3 Å². The minimum atomic E-state index is -3.33. The summed E-state index contributed by atoms with van der Waals surface area (Å²) in [5, 5.41) is 1.87. The Bertz CT molecular complexity index is 547. The van der Waals surface area contributed by atoms with Crippen LogP contribution in [0.3, 0.4) is 0 Å². The third-order valence-electron chi connectivity index (χ3n) is 3.87. The summed E-state index contributed by atoms with van der Waals surface area (Å²) in [5.41, 5.74) is 0.997. The molecule has 0 amide bonds. The van der Waals surface area contributed by atoms with Crippen LogP contribution in [0.2, 0.25) is 0 Å². The lowest BCUT2D eigenvalue weighted by Crippen LogP contribution is -2.63. The molecule has 1 aromatic heterocycles. The Morgan fingerprint density at radius 3 is 2.63 bits per heavy atom. The number of fused-ring (bicyclic) bond motifs is 3. The van der Waals surface area contributed by atoms with Crippen LogP contribution in [-0.2, 0) is 10.0 Å². The van der Waals surface area contributed by atoms with Crippen molar-refractivity contribution >= 4 is 21.4 Å². The maximum atomic E-state index is 12.2. The predicted octanol–water partition coefficient (Wildman–Crippen LogP) is 0.335. The summed E-state index contributed by atoms with van der Waals surface area (Å²) in [6.45, 7) is 7.76. The monoisotopic (exact) mass is 301 g/mol. The number of hydrogen-bond donors (Lipinski definition) is 1. The molecule has 1 unspecified atom stereocenters. The second kappa shape index (κ2) is 5.14. The lowest BCUT2D eigenvalue weighted by atomic mass is 10.1. The number of sulfonamides is 1. The molecule has 4 rings (SSSR count). The third kappa shape index (κ3) is 2.85. The van der Waals surface area contributed by atoms with E-state index in [0.717, 1.165) is 38.3 Å². The fourth-order valence-corrected chi connectivity index (χ4v) is 5.09. The highest BCUT2D eigenvalue weighted by molar-refractivity contribution is 7.91. The highest BCUT2D eigenvalue weighted by Gasteiger charge is 2.32. The Labute approximate surface area is 118 Å². The zero-order chi connectivity index (χ0) is 13.5. The maximum Gasteiger partial charge on any atom is 0.250 e. The van der Waals surface area contributed by atoms with Crippen molar-refractivity contribution in [1.29, 1.82) is 0 Å². The van der Waals surface area contributed by atoms with Crippen molar-refractivity contribution in [3.05, 3.63) is 17.0 Å². The molecule has 1 aromatic rings. The van der Waals surface area contributed by atoms with Gasteiger partial charge in [-0.2, -0.15) is 0 Å². The molecule has 0 radical (unpaired) electrons. The SMILES string of the molecule is Cc1csc(S(=O)(=O)NCC2CN3CCN2CC3)c1. The van der Waals surface area contributed by atoms with Gasteiger partial charge in [-0.05, 0) is 23.9 Å². The molecule has 19 heavy (non-hydrogen) atoms. The number of nitrogens with zero attached hydrogens (tertiary/aromatic N) is 2. The van der Waals surface area contributed by atoms with Gasteiger partial charge in [0.05, 0.1) is 0 Å². The van der Waals surface area contributed by atoms with Gasteiger partial charge in [-0.3, -0.25) is 9.80 Å². The fraction of sp³-hybridized carbons (Fsp3) is 0.667. The zero-order valence-corrected chi connectivity index (χ0v) is 12.6. The molecule has 3 saturated heterocycles. The van der Waals surface area contributed by atoms with Gasteiger partial charge in [0.15, 0.2) is 0 Å². The van der Waals surface area contributed by atoms with Crippen molar-refractivity contribution in [3.8, 4) is 0 Å². The number of nitrogens with one attached hydrogen (secondary N) is 1. The fourth-order valence-electron chi connectivity index (χ4n) is 2.74. The predicted molar refractivity (Wildman–Crippen MR) is 76.0 cm³/mol. The van der Waals surface area contributed by atoms with Gasteiger partial charge in [0.2, 0.25) is 10.0 Å². The molecule has 0 spiro atoms. The number of thiophene rings is 1. The Kier molecular flexibility index (Phi) is 3.65. The van der Waals surface area contributed by atoms with Crippen LogP contribution in [0.25, 0.3) is 0 Å². The summed E-state index contributed by atoms with van der Waals surface area (Å²) >= 11 is 1.28. The normalized spacial score (nSPS) is 30.7. The molecule has 0 saturated carbocycles. The summed E-state index contributed by atoms with van der Waals surface area (Å²) in [5.74, 6) is 0. The van der Waals surface area contributed by atoms with Crippen molar-refractivity contribution < 1.29 is 8.42 Å². The van der Waals surface area contributed by atoms with Crippen molar-refractivity contribution in [2.24, 2.45) is 0 Å². The van der Waals surface area contributed by atoms with E-state index in [1.807, 2.05) is 12.3 Å². The minimum absolute atomic E-state index is 0.318. The van der Waals surface area contributed by atoms with E-state index in [2.05, 4.69) is 14.5 Å². The smallest absolute Gasteiger partial charge is 0.250 e. The van der Waals surface area contributed by atoms with E-state index >= 15 is 0 Å². The van der Waals surface area contributed by atoms with Crippen molar-refractivity contribution in [3.63, 3.8) is 0 Å². The van der Waals surface area contributed by atoms with Gasteiger partial charge in [-0.1, -0.05) is 0 Å². The zero-order valence-electron chi connectivity index (χ0n) is 11.0. The summed E-state index contributed by atoms with van der Waals surface area (Å²) in [4.78, 5) is 4.80. The summed E-state index contributed by atoms with van der Waals surface area (Å²) < 4.78 is 27.5. The van der Waals surface area contributed by atoms with Crippen molar-refractivity contribution in [2.45, 2.75) is 17.2 Å². The number of rotatable bonds is 4. The molecule has 3 fully saturated rings. The second-order valence-corrected chi connectivity index (χ2v) is 8.19. The largest absolute Gasteiger partial charge is 0.299 e. The van der Waals surface area contributed by atoms with Gasteiger partial charge in [0.1, 0.15) is 4.21 Å². The van der Waals surface area contributed by atoms with E-state index in [9.17, 15) is 8.42 Å². The Balaban J connectivity index is 1.63. The first-order valence-corrected chi connectivity index (χ1v) is 8.92. The van der Waals surface area contributed by atoms with Crippen LogP contribution in [0, 0.1) is 6.92 Å². The van der Waals surface area contributed by atoms with Crippen LogP contribution in [0.1, 0.15) is 5.56 Å². The maximum absolute atomic E-state index is 12.2. The number of piperazine rings is 3. The quantitative estimate of drug-likeness (QED) is 0.871. The molecular formula is C12H19N3O2S2. The van der Waals surface area contributed by atoms with Gasteiger partial charge >= 0.3 is 0 Å². The molecule has 0 aromatic carbocycles. The first kappa shape index (κ1) is 13.5. The minimum Gasteiger partial charge on any atom is -0.299 e. The summed E-state index contributed by atoms with van der Waals surface area (Å²) in [6.07, 6.45) is 0. The lowest BCUT2D eigenvalue weighted by molar-refractivity contribution is 0.0158. The van der Waals surface area contributed by atoms with Gasteiger partial charge in [0.25, 0.3) is 0 Å². The molecule has 5 nitrogen and oxygen atoms in total.